The number of hydrogen-bond donors (Lipinski definition) is 1. The number of amides is 1. The molecule has 23 heavy (non-hydrogen) atoms. The molecule has 0 spiro atoms. The van der Waals surface area contributed by atoms with E-state index in [0.29, 0.717) is 24.7 Å². The molecule has 0 saturated carbocycles. The van der Waals surface area contributed by atoms with Crippen LogP contribution >= 0.6 is 0 Å². The lowest BCUT2D eigenvalue weighted by atomic mass is 10.1. The zero-order chi connectivity index (χ0) is 16.2. The second-order valence-electron chi connectivity index (χ2n) is 5.57. The van der Waals surface area contributed by atoms with Gasteiger partial charge in [-0.05, 0) is 31.0 Å². The van der Waals surface area contributed by atoms with Crippen molar-refractivity contribution in [2.75, 3.05) is 36.5 Å². The molecule has 6 heteroatoms. The molecule has 1 aliphatic heterocycles. The van der Waals surface area contributed by atoms with E-state index in [1.165, 1.54) is 0 Å². The van der Waals surface area contributed by atoms with Crippen molar-refractivity contribution >= 4 is 17.5 Å². The maximum atomic E-state index is 12.3. The Bertz CT molecular complexity index is 694. The predicted molar refractivity (Wildman–Crippen MR) is 88.9 cm³/mol. The predicted octanol–water partition coefficient (Wildman–Crippen LogP) is 2.18. The van der Waals surface area contributed by atoms with Crippen molar-refractivity contribution in [3.8, 4) is 0 Å². The Morgan fingerprint density at radius 1 is 1.17 bits per heavy atom. The molecule has 120 valence electrons. The van der Waals surface area contributed by atoms with Gasteiger partial charge in [0.05, 0.1) is 18.8 Å². The van der Waals surface area contributed by atoms with Gasteiger partial charge in [0.2, 0.25) is 5.95 Å². The molecule has 1 aromatic carbocycles. The average molecular weight is 312 g/mol. The summed E-state index contributed by atoms with van der Waals surface area (Å²) in [7, 11) is 0. The van der Waals surface area contributed by atoms with Crippen LogP contribution in [0, 0.1) is 13.8 Å². The maximum Gasteiger partial charge on any atom is 0.258 e. The Balaban J connectivity index is 1.71. The second kappa shape index (κ2) is 6.75. The molecule has 1 N–H and O–H groups in total. The van der Waals surface area contributed by atoms with E-state index in [1.807, 2.05) is 32.0 Å². The van der Waals surface area contributed by atoms with Crippen molar-refractivity contribution in [3.05, 3.63) is 47.3 Å². The Kier molecular flexibility index (Phi) is 4.52. The van der Waals surface area contributed by atoms with Gasteiger partial charge < -0.3 is 15.0 Å². The zero-order valence-electron chi connectivity index (χ0n) is 13.4. The van der Waals surface area contributed by atoms with Crippen LogP contribution in [0.3, 0.4) is 0 Å². The fraction of sp³-hybridized carbons (Fsp3) is 0.353. The summed E-state index contributed by atoms with van der Waals surface area (Å²) >= 11 is 0. The minimum absolute atomic E-state index is 0.202. The summed E-state index contributed by atoms with van der Waals surface area (Å²) in [6.45, 7) is 6.91. The van der Waals surface area contributed by atoms with Crippen LogP contribution in [0.4, 0.5) is 11.6 Å². The van der Waals surface area contributed by atoms with E-state index in [2.05, 4.69) is 20.2 Å². The number of aryl methyl sites for hydroxylation is 1. The number of rotatable bonds is 3. The highest BCUT2D eigenvalue weighted by molar-refractivity contribution is 6.04. The smallest absolute Gasteiger partial charge is 0.258 e. The summed E-state index contributed by atoms with van der Waals surface area (Å²) in [6.07, 6.45) is 3.14. The third-order valence-electron chi connectivity index (χ3n) is 4.05. The van der Waals surface area contributed by atoms with E-state index >= 15 is 0 Å². The van der Waals surface area contributed by atoms with E-state index in [9.17, 15) is 4.79 Å². The normalized spacial score (nSPS) is 14.6. The molecule has 0 radical (unpaired) electrons. The van der Waals surface area contributed by atoms with Crippen LogP contribution in [0.2, 0.25) is 0 Å². The number of carbonyl (C=O) groups is 1. The summed E-state index contributed by atoms with van der Waals surface area (Å²) in [5.41, 5.74) is 3.46. The highest BCUT2D eigenvalue weighted by Gasteiger charge is 2.15. The number of carbonyl (C=O) groups excluding carboxylic acids is 1. The van der Waals surface area contributed by atoms with Crippen LogP contribution in [-0.2, 0) is 4.74 Å². The summed E-state index contributed by atoms with van der Waals surface area (Å²) in [6, 6.07) is 5.84. The monoisotopic (exact) mass is 312 g/mol. The van der Waals surface area contributed by atoms with Gasteiger partial charge in [-0.2, -0.15) is 0 Å². The van der Waals surface area contributed by atoms with Crippen LogP contribution < -0.4 is 10.2 Å². The minimum Gasteiger partial charge on any atom is -0.378 e. The van der Waals surface area contributed by atoms with Crippen molar-refractivity contribution < 1.29 is 9.53 Å². The Morgan fingerprint density at radius 2 is 1.87 bits per heavy atom. The number of benzene rings is 1. The van der Waals surface area contributed by atoms with E-state index in [0.717, 1.165) is 29.9 Å². The molecular formula is C17H20N4O2. The average Bonchev–Trinajstić information content (AvgIpc) is 2.60. The van der Waals surface area contributed by atoms with Crippen molar-refractivity contribution in [2.45, 2.75) is 13.8 Å². The molecule has 1 amide bonds. The van der Waals surface area contributed by atoms with Gasteiger partial charge in [-0.15, -0.1) is 0 Å². The Labute approximate surface area is 135 Å². The molecule has 3 rings (SSSR count). The van der Waals surface area contributed by atoms with Crippen LogP contribution in [0.15, 0.2) is 30.6 Å². The van der Waals surface area contributed by atoms with E-state index in [-0.39, 0.29) is 5.91 Å². The topological polar surface area (TPSA) is 67.4 Å². The van der Waals surface area contributed by atoms with E-state index in [1.54, 1.807) is 12.4 Å². The van der Waals surface area contributed by atoms with Gasteiger partial charge in [-0.25, -0.2) is 9.97 Å². The summed E-state index contributed by atoms with van der Waals surface area (Å²) < 4.78 is 5.31. The zero-order valence-corrected chi connectivity index (χ0v) is 13.4. The lowest BCUT2D eigenvalue weighted by Crippen LogP contribution is -2.37. The molecule has 1 saturated heterocycles. The van der Waals surface area contributed by atoms with Crippen LogP contribution in [0.1, 0.15) is 21.5 Å². The lowest BCUT2D eigenvalue weighted by Gasteiger charge is -2.26. The first-order valence-electron chi connectivity index (χ1n) is 7.67. The number of morpholine rings is 1. The second-order valence-corrected chi connectivity index (χ2v) is 5.57. The first kappa shape index (κ1) is 15.4. The van der Waals surface area contributed by atoms with Gasteiger partial charge in [0.25, 0.3) is 5.91 Å². The lowest BCUT2D eigenvalue weighted by molar-refractivity contribution is 0.102. The van der Waals surface area contributed by atoms with Gasteiger partial charge in [0.1, 0.15) is 0 Å². The molecule has 1 aliphatic rings. The fourth-order valence-electron chi connectivity index (χ4n) is 2.45. The molecule has 1 aromatic heterocycles. The highest BCUT2D eigenvalue weighted by atomic mass is 16.5. The van der Waals surface area contributed by atoms with Gasteiger partial charge in [-0.3, -0.25) is 4.79 Å². The van der Waals surface area contributed by atoms with Gasteiger partial charge in [-0.1, -0.05) is 12.1 Å². The first-order chi connectivity index (χ1) is 11.1. The number of hydrogen-bond acceptors (Lipinski definition) is 5. The molecule has 0 atom stereocenters. The first-order valence-corrected chi connectivity index (χ1v) is 7.67. The largest absolute Gasteiger partial charge is 0.378 e. The quantitative estimate of drug-likeness (QED) is 0.941. The summed E-state index contributed by atoms with van der Waals surface area (Å²) in [5.74, 6) is 0.434. The summed E-state index contributed by atoms with van der Waals surface area (Å²) in [4.78, 5) is 23.0. The van der Waals surface area contributed by atoms with Crippen molar-refractivity contribution in [1.82, 2.24) is 9.97 Å². The maximum absolute atomic E-state index is 12.3. The number of ether oxygens (including phenoxy) is 1. The van der Waals surface area contributed by atoms with Crippen molar-refractivity contribution in [3.63, 3.8) is 0 Å². The fourth-order valence-corrected chi connectivity index (χ4v) is 2.45. The standard InChI is InChI=1S/C17H20N4O2/c1-12-4-3-5-15(13(12)2)20-16(22)14-10-18-17(19-11-14)21-6-8-23-9-7-21/h3-5,10-11H,6-9H2,1-2H3,(H,20,22). The number of aromatic nitrogens is 2. The molecule has 1 fully saturated rings. The number of anilines is 2. The minimum atomic E-state index is -0.202. The van der Waals surface area contributed by atoms with Gasteiger partial charge in [0, 0.05) is 31.2 Å². The van der Waals surface area contributed by atoms with E-state index in [4.69, 9.17) is 4.74 Å². The van der Waals surface area contributed by atoms with Crippen LogP contribution in [-0.4, -0.2) is 42.2 Å². The SMILES string of the molecule is Cc1cccc(NC(=O)c2cnc(N3CCOCC3)nc2)c1C. The Hall–Kier alpha value is -2.47. The molecular weight excluding hydrogens is 292 g/mol. The third-order valence-corrected chi connectivity index (χ3v) is 4.05. The number of nitrogens with one attached hydrogen (secondary N) is 1. The molecule has 0 aliphatic carbocycles. The van der Waals surface area contributed by atoms with Gasteiger partial charge in [0.15, 0.2) is 0 Å². The molecule has 0 bridgehead atoms. The molecule has 2 heterocycles. The number of nitrogens with zero attached hydrogens (tertiary/aromatic N) is 3. The Morgan fingerprint density at radius 3 is 2.57 bits per heavy atom. The van der Waals surface area contributed by atoms with Crippen LogP contribution in [0.5, 0.6) is 0 Å². The highest BCUT2D eigenvalue weighted by Crippen LogP contribution is 2.19. The van der Waals surface area contributed by atoms with E-state index < -0.39 is 0 Å². The molecule has 0 unspecified atom stereocenters. The van der Waals surface area contributed by atoms with Gasteiger partial charge >= 0.3 is 0 Å². The van der Waals surface area contributed by atoms with Crippen molar-refractivity contribution in [1.29, 1.82) is 0 Å². The summed E-state index contributed by atoms with van der Waals surface area (Å²) in [5, 5.41) is 2.91. The molecule has 6 nitrogen and oxygen atoms in total. The van der Waals surface area contributed by atoms with Crippen molar-refractivity contribution in [2.24, 2.45) is 0 Å². The third kappa shape index (κ3) is 3.48. The molecule has 2 aromatic rings. The van der Waals surface area contributed by atoms with Crippen LogP contribution in [0.25, 0.3) is 0 Å².